The maximum absolute atomic E-state index is 14.1. The van der Waals surface area contributed by atoms with Crippen molar-refractivity contribution in [3.63, 3.8) is 0 Å². The Hall–Kier alpha value is -3.24. The van der Waals surface area contributed by atoms with E-state index >= 15 is 0 Å². The van der Waals surface area contributed by atoms with Crippen LogP contribution < -0.4 is 5.32 Å². The third-order valence-corrected chi connectivity index (χ3v) is 5.78. The highest BCUT2D eigenvalue weighted by Gasteiger charge is 2.54. The maximum Gasteiger partial charge on any atom is 0.265 e. The first-order valence-corrected chi connectivity index (χ1v) is 9.83. The van der Waals surface area contributed by atoms with E-state index in [-0.39, 0.29) is 24.4 Å². The number of benzene rings is 1. The number of halogens is 2. The molecule has 0 spiro atoms. The van der Waals surface area contributed by atoms with Gasteiger partial charge in [0.05, 0.1) is 35.9 Å². The van der Waals surface area contributed by atoms with E-state index in [1.165, 1.54) is 13.3 Å². The molecule has 0 radical (unpaired) electrons. The van der Waals surface area contributed by atoms with Gasteiger partial charge in [0, 0.05) is 38.0 Å². The second kappa shape index (κ2) is 7.47. The van der Waals surface area contributed by atoms with Crippen LogP contribution in [0.3, 0.4) is 0 Å². The molecule has 2 bridgehead atoms. The second-order valence-corrected chi connectivity index (χ2v) is 7.75. The molecule has 3 atom stereocenters. The number of nitrogens with one attached hydrogen (secondary N) is 1. The van der Waals surface area contributed by atoms with Crippen molar-refractivity contribution >= 4 is 6.08 Å². The van der Waals surface area contributed by atoms with Crippen LogP contribution in [0.2, 0.25) is 0 Å². The first kappa shape index (κ1) is 19.7. The Morgan fingerprint density at radius 1 is 1.32 bits per heavy atom. The normalized spacial score (nSPS) is 25.8. The lowest BCUT2D eigenvalue weighted by molar-refractivity contribution is -0.00999. The predicted molar refractivity (Wildman–Crippen MR) is 108 cm³/mol. The van der Waals surface area contributed by atoms with E-state index in [0.29, 0.717) is 11.3 Å². The fourth-order valence-electron chi connectivity index (χ4n) is 4.29. The summed E-state index contributed by atoms with van der Waals surface area (Å²) in [6.07, 6.45) is 7.73. The molecule has 0 saturated carbocycles. The Morgan fingerprint density at radius 3 is 2.87 bits per heavy atom. The third kappa shape index (κ3) is 3.57. The van der Waals surface area contributed by atoms with Crippen molar-refractivity contribution in [1.82, 2.24) is 30.0 Å². The number of alkyl halides is 2. The van der Waals surface area contributed by atoms with E-state index in [9.17, 15) is 13.9 Å². The van der Waals surface area contributed by atoms with Gasteiger partial charge in [0.25, 0.3) is 5.92 Å². The van der Waals surface area contributed by atoms with Gasteiger partial charge in [-0.2, -0.15) is 0 Å². The number of fused-ring (bicyclic) bond motifs is 2. The third-order valence-electron chi connectivity index (χ3n) is 5.78. The quantitative estimate of drug-likeness (QED) is 0.662. The number of phenols is 1. The molecule has 2 aromatic heterocycles. The molecule has 5 rings (SSSR count). The summed E-state index contributed by atoms with van der Waals surface area (Å²) < 4.78 is 35.4. The van der Waals surface area contributed by atoms with Crippen molar-refractivity contribution < 1.29 is 18.6 Å². The van der Waals surface area contributed by atoms with Crippen molar-refractivity contribution in [3.05, 3.63) is 54.4 Å². The molecule has 0 amide bonds. The van der Waals surface area contributed by atoms with Crippen LogP contribution in [0.25, 0.3) is 23.2 Å². The van der Waals surface area contributed by atoms with Crippen LogP contribution in [0, 0.1) is 0 Å². The van der Waals surface area contributed by atoms with Gasteiger partial charge in [0.2, 0.25) is 0 Å². The standard InChI is InChI=1S/C21H20F2N6O2/c1-31-19-12(7-18-21(22,23)9-16(19)26-18)6-13-10-25-20(28-27-13)15-3-2-14(8-17(15)30)29-5-4-24-11-29/h2-6,8,10-11,16,18-19,26,30H,7,9H2,1H3/b12-6-/t16?,18?,19-/m1/s1. The van der Waals surface area contributed by atoms with E-state index in [0.717, 1.165) is 11.3 Å². The summed E-state index contributed by atoms with van der Waals surface area (Å²) in [5.41, 5.74) is 2.37. The number of nitrogens with zero attached hydrogens (tertiary/aromatic N) is 5. The largest absolute Gasteiger partial charge is 0.507 e. The molecule has 10 heteroatoms. The lowest BCUT2D eigenvalue weighted by Crippen LogP contribution is -2.47. The Morgan fingerprint density at radius 2 is 2.19 bits per heavy atom. The lowest BCUT2D eigenvalue weighted by atomic mass is 9.94. The molecular weight excluding hydrogens is 406 g/mol. The second-order valence-electron chi connectivity index (χ2n) is 7.75. The van der Waals surface area contributed by atoms with Gasteiger partial charge in [-0.25, -0.2) is 18.7 Å². The van der Waals surface area contributed by atoms with Crippen molar-refractivity contribution in [1.29, 1.82) is 0 Å². The molecule has 1 aromatic carbocycles. The first-order chi connectivity index (χ1) is 14.9. The van der Waals surface area contributed by atoms with Crippen LogP contribution in [-0.4, -0.2) is 61.1 Å². The molecule has 0 aliphatic carbocycles. The number of phenolic OH excluding ortho intramolecular Hbond substituents is 1. The fourth-order valence-corrected chi connectivity index (χ4v) is 4.29. The number of imidazole rings is 1. The number of ether oxygens (including phenoxy) is 1. The minimum atomic E-state index is -2.76. The molecule has 2 aliphatic rings. The summed E-state index contributed by atoms with van der Waals surface area (Å²) in [5.74, 6) is -2.49. The van der Waals surface area contributed by atoms with Crippen LogP contribution >= 0.6 is 0 Å². The van der Waals surface area contributed by atoms with Gasteiger partial charge >= 0.3 is 0 Å². The topological polar surface area (TPSA) is 98.0 Å². The average molecular weight is 426 g/mol. The number of aromatic hydroxyl groups is 1. The number of methoxy groups -OCH3 is 1. The maximum atomic E-state index is 14.1. The molecule has 2 unspecified atom stereocenters. The zero-order valence-electron chi connectivity index (χ0n) is 16.6. The Labute approximate surface area is 176 Å². The molecule has 2 N–H and O–H groups in total. The van der Waals surface area contributed by atoms with Crippen molar-refractivity contribution in [2.24, 2.45) is 0 Å². The number of piperidine rings is 1. The number of hydrogen-bond donors (Lipinski definition) is 2. The van der Waals surface area contributed by atoms with Crippen LogP contribution in [0.1, 0.15) is 18.5 Å². The Balaban J connectivity index is 1.39. The van der Waals surface area contributed by atoms with E-state index in [4.69, 9.17) is 4.74 Å². The molecule has 2 fully saturated rings. The van der Waals surface area contributed by atoms with E-state index in [1.54, 1.807) is 41.5 Å². The van der Waals surface area contributed by atoms with Crippen LogP contribution in [-0.2, 0) is 4.74 Å². The molecule has 2 saturated heterocycles. The van der Waals surface area contributed by atoms with Gasteiger partial charge in [-0.15, -0.1) is 10.2 Å². The van der Waals surface area contributed by atoms with Gasteiger partial charge in [0.15, 0.2) is 5.82 Å². The van der Waals surface area contributed by atoms with Crippen molar-refractivity contribution in [2.75, 3.05) is 7.11 Å². The monoisotopic (exact) mass is 426 g/mol. The first-order valence-electron chi connectivity index (χ1n) is 9.83. The molecule has 4 heterocycles. The zero-order chi connectivity index (χ0) is 21.6. The Bertz CT molecular complexity index is 1120. The minimum Gasteiger partial charge on any atom is -0.507 e. The molecular formula is C21H20F2N6O2. The van der Waals surface area contributed by atoms with Crippen LogP contribution in [0.5, 0.6) is 5.75 Å². The summed E-state index contributed by atoms with van der Waals surface area (Å²) in [5, 5.41) is 21.6. The SMILES string of the molecule is CO[C@@H]1/C(=C\c2cnc(-c3ccc(-n4ccnc4)cc3O)nn2)CC2NC1CC2(F)F. The molecule has 160 valence electrons. The summed E-state index contributed by atoms with van der Waals surface area (Å²) in [7, 11) is 1.51. The number of rotatable bonds is 4. The summed E-state index contributed by atoms with van der Waals surface area (Å²) >= 11 is 0. The summed E-state index contributed by atoms with van der Waals surface area (Å²) in [6, 6.07) is 3.76. The van der Waals surface area contributed by atoms with E-state index in [1.807, 2.05) is 6.07 Å². The molecule has 3 aromatic rings. The van der Waals surface area contributed by atoms with Gasteiger partial charge in [-0.05, 0) is 30.2 Å². The highest BCUT2D eigenvalue weighted by molar-refractivity contribution is 5.66. The van der Waals surface area contributed by atoms with E-state index < -0.39 is 24.1 Å². The van der Waals surface area contributed by atoms with Crippen molar-refractivity contribution in [3.8, 4) is 22.8 Å². The fraction of sp³-hybridized carbons (Fsp3) is 0.333. The summed E-state index contributed by atoms with van der Waals surface area (Å²) in [6.45, 7) is 0. The minimum absolute atomic E-state index is 0.00992. The highest BCUT2D eigenvalue weighted by Crippen LogP contribution is 2.42. The molecule has 2 aliphatic heterocycles. The van der Waals surface area contributed by atoms with E-state index in [2.05, 4.69) is 25.5 Å². The highest BCUT2D eigenvalue weighted by atomic mass is 19.3. The zero-order valence-corrected chi connectivity index (χ0v) is 16.6. The van der Waals surface area contributed by atoms with Gasteiger partial charge in [-0.3, -0.25) is 0 Å². The average Bonchev–Trinajstić information content (AvgIpc) is 3.36. The van der Waals surface area contributed by atoms with Gasteiger partial charge in [0.1, 0.15) is 11.4 Å². The van der Waals surface area contributed by atoms with Crippen LogP contribution in [0.15, 0.2) is 48.7 Å². The van der Waals surface area contributed by atoms with Crippen LogP contribution in [0.4, 0.5) is 8.78 Å². The number of aromatic nitrogens is 5. The van der Waals surface area contributed by atoms with Gasteiger partial charge < -0.3 is 19.7 Å². The number of hydrogen-bond acceptors (Lipinski definition) is 7. The summed E-state index contributed by atoms with van der Waals surface area (Å²) in [4.78, 5) is 8.28. The van der Waals surface area contributed by atoms with Crippen molar-refractivity contribution in [2.45, 2.75) is 37.0 Å². The van der Waals surface area contributed by atoms with Gasteiger partial charge in [-0.1, -0.05) is 0 Å². The smallest absolute Gasteiger partial charge is 0.265 e. The lowest BCUT2D eigenvalue weighted by Gasteiger charge is -2.31. The molecule has 8 nitrogen and oxygen atoms in total. The Kier molecular flexibility index (Phi) is 4.75. The molecule has 31 heavy (non-hydrogen) atoms. The predicted octanol–water partition coefficient (Wildman–Crippen LogP) is 2.60.